The van der Waals surface area contributed by atoms with E-state index in [4.69, 9.17) is 4.42 Å². The molecule has 0 aliphatic rings. The predicted molar refractivity (Wildman–Crippen MR) is 274 cm³/mol. The Labute approximate surface area is 376 Å². The first-order valence-electron chi connectivity index (χ1n) is 22.3. The SMILES string of the molecule is c1cc(-c2ccc(N(c3ccccc3-c3cc4ccccc4c4ccccc34)c3ccccc3-c3cccc4oc5ccccc5c34)cc2)cc(-n2c3ccccc3c3ccccc32)c1. The Bertz CT molecular complexity index is 3910. The summed E-state index contributed by atoms with van der Waals surface area (Å²) in [7, 11) is 0. The second-order valence-electron chi connectivity index (χ2n) is 16.8. The molecule has 0 amide bonds. The fraction of sp³-hybridized carbons (Fsp3) is 0. The molecule has 0 spiro atoms. The number of nitrogens with zero attached hydrogens (tertiary/aromatic N) is 2. The topological polar surface area (TPSA) is 21.3 Å². The van der Waals surface area contributed by atoms with Crippen LogP contribution in [-0.4, -0.2) is 4.57 Å². The van der Waals surface area contributed by atoms with E-state index in [1.807, 2.05) is 6.07 Å². The van der Waals surface area contributed by atoms with Gasteiger partial charge in [-0.1, -0.05) is 176 Å². The standard InChI is InChI=1S/C62H40N2O/c1-2-20-46-43(17-1)40-55(48-22-4-3-21-47(46)48)52-26-8-13-32-59(52)63(58-31-12-7-25-51(58)53-28-16-34-61-62(53)54-27-9-14-33-60(54)65-61)44-37-35-41(36-38-44)42-18-15-19-45(39-42)64-56-29-10-5-23-49(56)50-24-6-11-30-57(50)64/h1-40H. The van der Waals surface area contributed by atoms with Crippen molar-refractivity contribution < 1.29 is 4.42 Å². The van der Waals surface area contributed by atoms with Crippen LogP contribution in [0.25, 0.3) is 104 Å². The number of hydrogen-bond donors (Lipinski definition) is 0. The molecule has 11 aromatic carbocycles. The summed E-state index contributed by atoms with van der Waals surface area (Å²) < 4.78 is 8.84. The van der Waals surface area contributed by atoms with Crippen molar-refractivity contribution in [2.75, 3.05) is 4.90 Å². The molecule has 0 radical (unpaired) electrons. The van der Waals surface area contributed by atoms with Gasteiger partial charge in [-0.15, -0.1) is 0 Å². The van der Waals surface area contributed by atoms with Crippen molar-refractivity contribution in [1.82, 2.24) is 4.57 Å². The van der Waals surface area contributed by atoms with Crippen molar-refractivity contribution in [3.8, 4) is 39.1 Å². The van der Waals surface area contributed by atoms with E-state index in [1.54, 1.807) is 0 Å². The Morgan fingerprint density at radius 1 is 0.323 bits per heavy atom. The number of fused-ring (bicyclic) bond motifs is 9. The lowest BCUT2D eigenvalue weighted by Crippen LogP contribution is -2.12. The van der Waals surface area contributed by atoms with Gasteiger partial charge in [0.1, 0.15) is 11.2 Å². The zero-order chi connectivity index (χ0) is 42.8. The van der Waals surface area contributed by atoms with Crippen LogP contribution in [-0.2, 0) is 0 Å². The van der Waals surface area contributed by atoms with Gasteiger partial charge in [0.05, 0.1) is 22.4 Å². The van der Waals surface area contributed by atoms with E-state index in [0.29, 0.717) is 0 Å². The first-order valence-corrected chi connectivity index (χ1v) is 22.3. The van der Waals surface area contributed by atoms with Crippen molar-refractivity contribution in [2.45, 2.75) is 0 Å². The molecule has 0 N–H and O–H groups in total. The molecule has 0 saturated heterocycles. The second kappa shape index (κ2) is 15.0. The average molecular weight is 829 g/mol. The molecule has 13 rings (SSSR count). The number of benzene rings is 11. The van der Waals surface area contributed by atoms with Gasteiger partial charge in [-0.05, 0) is 111 Å². The highest BCUT2D eigenvalue weighted by atomic mass is 16.3. The molecule has 0 atom stereocenters. The Hall–Kier alpha value is -8.66. The van der Waals surface area contributed by atoms with E-state index >= 15 is 0 Å². The Kier molecular flexibility index (Phi) is 8.53. The van der Waals surface area contributed by atoms with Crippen LogP contribution < -0.4 is 4.90 Å². The molecule has 0 bridgehead atoms. The van der Waals surface area contributed by atoms with E-state index in [2.05, 4.69) is 246 Å². The van der Waals surface area contributed by atoms with Crippen LogP contribution in [0.3, 0.4) is 0 Å². The van der Waals surface area contributed by atoms with Gasteiger partial charge in [-0.2, -0.15) is 0 Å². The summed E-state index contributed by atoms with van der Waals surface area (Å²) in [6.07, 6.45) is 0. The van der Waals surface area contributed by atoms with Crippen LogP contribution in [0.1, 0.15) is 0 Å². The molecule has 0 aliphatic heterocycles. The average Bonchev–Trinajstić information content (AvgIpc) is 3.93. The van der Waals surface area contributed by atoms with Gasteiger partial charge in [0, 0.05) is 44.0 Å². The summed E-state index contributed by atoms with van der Waals surface area (Å²) in [5.41, 5.74) is 15.4. The third-order valence-electron chi connectivity index (χ3n) is 13.2. The predicted octanol–water partition coefficient (Wildman–Crippen LogP) is 17.5. The van der Waals surface area contributed by atoms with Gasteiger partial charge in [-0.3, -0.25) is 0 Å². The quantitative estimate of drug-likeness (QED) is 0.149. The molecule has 3 heteroatoms. The highest BCUT2D eigenvalue weighted by molar-refractivity contribution is 6.17. The van der Waals surface area contributed by atoms with Gasteiger partial charge in [0.2, 0.25) is 0 Å². The summed E-state index contributed by atoms with van der Waals surface area (Å²) >= 11 is 0. The molecule has 3 nitrogen and oxygen atoms in total. The largest absolute Gasteiger partial charge is 0.456 e. The van der Waals surface area contributed by atoms with Crippen LogP contribution in [0.4, 0.5) is 17.1 Å². The first kappa shape index (κ1) is 36.9. The van der Waals surface area contributed by atoms with Crippen molar-refractivity contribution in [1.29, 1.82) is 0 Å². The molecule has 0 unspecified atom stereocenters. The van der Waals surface area contributed by atoms with Crippen molar-refractivity contribution in [3.05, 3.63) is 243 Å². The maximum absolute atomic E-state index is 6.45. The maximum atomic E-state index is 6.45. The monoisotopic (exact) mass is 828 g/mol. The molecule has 0 aliphatic carbocycles. The highest BCUT2D eigenvalue weighted by Crippen LogP contribution is 2.49. The normalized spacial score (nSPS) is 11.7. The molecule has 2 heterocycles. The first-order chi connectivity index (χ1) is 32.3. The molecular formula is C62H40N2O. The molecular weight excluding hydrogens is 789 g/mol. The molecule has 13 aromatic rings. The van der Waals surface area contributed by atoms with Crippen LogP contribution in [0.2, 0.25) is 0 Å². The second-order valence-corrected chi connectivity index (χ2v) is 16.8. The number of aromatic nitrogens is 1. The minimum atomic E-state index is 0.876. The van der Waals surface area contributed by atoms with Gasteiger partial charge in [0.15, 0.2) is 0 Å². The van der Waals surface area contributed by atoms with Gasteiger partial charge >= 0.3 is 0 Å². The van der Waals surface area contributed by atoms with Gasteiger partial charge in [-0.25, -0.2) is 0 Å². The number of hydrogen-bond acceptors (Lipinski definition) is 2. The van der Waals surface area contributed by atoms with Gasteiger partial charge < -0.3 is 13.9 Å². The summed E-state index contributed by atoms with van der Waals surface area (Å²) in [6.45, 7) is 0. The van der Waals surface area contributed by atoms with E-state index < -0.39 is 0 Å². The van der Waals surface area contributed by atoms with Crippen LogP contribution in [0, 0.1) is 0 Å². The van der Waals surface area contributed by atoms with Crippen LogP contribution in [0.5, 0.6) is 0 Å². The maximum Gasteiger partial charge on any atom is 0.136 e. The van der Waals surface area contributed by atoms with Crippen molar-refractivity contribution in [3.63, 3.8) is 0 Å². The number of furan rings is 1. The summed E-state index contributed by atoms with van der Waals surface area (Å²) in [5, 5.41) is 9.67. The summed E-state index contributed by atoms with van der Waals surface area (Å²) in [4.78, 5) is 2.45. The molecule has 304 valence electrons. The van der Waals surface area contributed by atoms with E-state index in [0.717, 1.165) is 72.5 Å². The fourth-order valence-electron chi connectivity index (χ4n) is 10.3. The Balaban J connectivity index is 1.01. The minimum absolute atomic E-state index is 0.876. The highest BCUT2D eigenvalue weighted by Gasteiger charge is 2.24. The van der Waals surface area contributed by atoms with E-state index in [9.17, 15) is 0 Å². The molecule has 0 saturated carbocycles. The Morgan fingerprint density at radius 3 is 1.60 bits per heavy atom. The smallest absolute Gasteiger partial charge is 0.136 e. The minimum Gasteiger partial charge on any atom is -0.456 e. The zero-order valence-electron chi connectivity index (χ0n) is 35.4. The van der Waals surface area contributed by atoms with Crippen molar-refractivity contribution >= 4 is 82.4 Å². The molecule has 0 fully saturated rings. The number of rotatable bonds is 7. The van der Waals surface area contributed by atoms with E-state index in [1.165, 1.54) is 48.9 Å². The van der Waals surface area contributed by atoms with Crippen LogP contribution in [0.15, 0.2) is 247 Å². The summed E-state index contributed by atoms with van der Waals surface area (Å²) in [5.74, 6) is 0. The lowest BCUT2D eigenvalue weighted by molar-refractivity contribution is 0.669. The fourth-order valence-corrected chi connectivity index (χ4v) is 10.3. The lowest BCUT2D eigenvalue weighted by atomic mass is 9.91. The van der Waals surface area contributed by atoms with E-state index in [-0.39, 0.29) is 0 Å². The number of para-hydroxylation sites is 5. The summed E-state index contributed by atoms with van der Waals surface area (Å²) in [6, 6.07) is 87.8. The van der Waals surface area contributed by atoms with Crippen molar-refractivity contribution in [2.24, 2.45) is 0 Å². The van der Waals surface area contributed by atoms with Gasteiger partial charge in [0.25, 0.3) is 0 Å². The third-order valence-corrected chi connectivity index (χ3v) is 13.2. The zero-order valence-corrected chi connectivity index (χ0v) is 35.4. The number of anilines is 3. The van der Waals surface area contributed by atoms with Crippen LogP contribution >= 0.6 is 0 Å². The lowest BCUT2D eigenvalue weighted by Gasteiger charge is -2.30. The third kappa shape index (κ3) is 5.97. The Morgan fingerprint density at radius 2 is 0.862 bits per heavy atom. The molecule has 2 aromatic heterocycles. The molecule has 65 heavy (non-hydrogen) atoms.